The minimum Gasteiger partial charge on any atom is -0.462 e. The third-order valence-corrected chi connectivity index (χ3v) is 10.8. The summed E-state index contributed by atoms with van der Waals surface area (Å²) in [6.45, 7) is 6.26. The van der Waals surface area contributed by atoms with E-state index in [-0.39, 0.29) is 50.4 Å². The molecule has 0 N–H and O–H groups in total. The van der Waals surface area contributed by atoms with E-state index in [1.807, 2.05) is 12.2 Å². The van der Waals surface area contributed by atoms with Crippen LogP contribution in [0.2, 0.25) is 0 Å². The smallest absolute Gasteiger partial charge is 0.306 e. The quantitative estimate of drug-likeness (QED) is 0.0262. The van der Waals surface area contributed by atoms with E-state index >= 15 is 0 Å². The second-order valence-electron chi connectivity index (χ2n) is 17.4. The van der Waals surface area contributed by atoms with Crippen molar-refractivity contribution in [3.63, 3.8) is 0 Å². The third-order valence-electron chi connectivity index (χ3n) is 10.8. The van der Waals surface area contributed by atoms with Gasteiger partial charge in [0.1, 0.15) is 13.2 Å². The van der Waals surface area contributed by atoms with E-state index in [4.69, 9.17) is 14.2 Å². The molecule has 0 aliphatic carbocycles. The summed E-state index contributed by atoms with van der Waals surface area (Å²) in [5, 5.41) is 0. The Morgan fingerprint density at radius 1 is 0.304 bits per heavy atom. The van der Waals surface area contributed by atoms with Crippen molar-refractivity contribution < 1.29 is 28.6 Å². The van der Waals surface area contributed by atoms with E-state index in [2.05, 4.69) is 154 Å². The van der Waals surface area contributed by atoms with Crippen molar-refractivity contribution in [2.45, 2.75) is 219 Å². The first-order chi connectivity index (χ1) is 34.0. The highest BCUT2D eigenvalue weighted by atomic mass is 16.6. The molecule has 6 heteroatoms. The van der Waals surface area contributed by atoms with Gasteiger partial charge < -0.3 is 14.2 Å². The molecule has 0 aromatic heterocycles. The lowest BCUT2D eigenvalue weighted by Crippen LogP contribution is -2.30. The zero-order valence-electron chi connectivity index (χ0n) is 44.0. The number of hydrogen-bond donors (Lipinski definition) is 0. The van der Waals surface area contributed by atoms with Crippen LogP contribution in [0.25, 0.3) is 0 Å². The first-order valence-electron chi connectivity index (χ1n) is 27.3. The number of esters is 3. The summed E-state index contributed by atoms with van der Waals surface area (Å²) < 4.78 is 16.7. The molecule has 0 aromatic carbocycles. The van der Waals surface area contributed by atoms with Crippen LogP contribution >= 0.6 is 0 Å². The summed E-state index contributed by atoms with van der Waals surface area (Å²) in [5.41, 5.74) is 0. The summed E-state index contributed by atoms with van der Waals surface area (Å²) in [7, 11) is 0. The molecule has 0 aliphatic rings. The van der Waals surface area contributed by atoms with E-state index in [0.717, 1.165) is 96.3 Å². The summed E-state index contributed by atoms with van der Waals surface area (Å²) in [6.07, 6.45) is 79.9. The highest BCUT2D eigenvalue weighted by Crippen LogP contribution is 2.13. The molecule has 0 aliphatic heterocycles. The molecule has 0 unspecified atom stereocenters. The highest BCUT2D eigenvalue weighted by Gasteiger charge is 2.19. The summed E-state index contributed by atoms with van der Waals surface area (Å²) in [6, 6.07) is 0. The maximum absolute atomic E-state index is 12.8. The predicted molar refractivity (Wildman–Crippen MR) is 297 cm³/mol. The Morgan fingerprint density at radius 2 is 0.609 bits per heavy atom. The lowest BCUT2D eigenvalue weighted by Gasteiger charge is -2.18. The first-order valence-corrected chi connectivity index (χ1v) is 27.3. The van der Waals surface area contributed by atoms with E-state index in [0.29, 0.717) is 12.8 Å². The van der Waals surface area contributed by atoms with Crippen molar-refractivity contribution in [3.05, 3.63) is 146 Å². The van der Waals surface area contributed by atoms with Gasteiger partial charge in [0, 0.05) is 19.3 Å². The number of ether oxygens (including phenoxy) is 3. The molecular formula is C63H98O6. The van der Waals surface area contributed by atoms with E-state index in [1.165, 1.54) is 64.2 Å². The van der Waals surface area contributed by atoms with Gasteiger partial charge in [-0.3, -0.25) is 14.4 Å². The van der Waals surface area contributed by atoms with Crippen molar-refractivity contribution in [1.29, 1.82) is 0 Å². The van der Waals surface area contributed by atoms with Crippen LogP contribution in [0.4, 0.5) is 0 Å². The van der Waals surface area contributed by atoms with Crippen LogP contribution in [0, 0.1) is 0 Å². The predicted octanol–water partition coefficient (Wildman–Crippen LogP) is 18.4. The Balaban J connectivity index is 4.62. The van der Waals surface area contributed by atoms with Crippen LogP contribution < -0.4 is 0 Å². The zero-order chi connectivity index (χ0) is 50.0. The van der Waals surface area contributed by atoms with Gasteiger partial charge in [0.15, 0.2) is 6.10 Å². The fourth-order valence-corrected chi connectivity index (χ4v) is 6.79. The van der Waals surface area contributed by atoms with Gasteiger partial charge >= 0.3 is 17.9 Å². The molecule has 6 nitrogen and oxygen atoms in total. The Morgan fingerprint density at radius 3 is 1.03 bits per heavy atom. The molecule has 386 valence electrons. The van der Waals surface area contributed by atoms with Crippen LogP contribution in [0.1, 0.15) is 213 Å². The normalized spacial score (nSPS) is 13.3. The van der Waals surface area contributed by atoms with E-state index in [1.54, 1.807) is 0 Å². The highest BCUT2D eigenvalue weighted by molar-refractivity contribution is 5.71. The molecule has 69 heavy (non-hydrogen) atoms. The van der Waals surface area contributed by atoms with Crippen LogP contribution in [0.5, 0.6) is 0 Å². The summed E-state index contributed by atoms with van der Waals surface area (Å²) in [5.74, 6) is -1.09. The van der Waals surface area contributed by atoms with Crippen LogP contribution in [0.3, 0.4) is 0 Å². The molecule has 0 spiro atoms. The molecular weight excluding hydrogens is 853 g/mol. The van der Waals surface area contributed by atoms with Crippen molar-refractivity contribution >= 4 is 17.9 Å². The maximum atomic E-state index is 12.8. The number of unbranched alkanes of at least 4 members (excludes halogenated alkanes) is 12. The van der Waals surface area contributed by atoms with Crippen LogP contribution in [-0.4, -0.2) is 37.2 Å². The number of hydrogen-bond acceptors (Lipinski definition) is 6. The Hall–Kier alpha value is -4.71. The molecule has 0 aromatic rings. The van der Waals surface area contributed by atoms with Gasteiger partial charge in [-0.15, -0.1) is 0 Å². The van der Waals surface area contributed by atoms with Crippen LogP contribution in [0.15, 0.2) is 146 Å². The van der Waals surface area contributed by atoms with Crippen molar-refractivity contribution in [2.75, 3.05) is 13.2 Å². The number of carbonyl (C=O) groups is 3. The van der Waals surface area contributed by atoms with Crippen molar-refractivity contribution in [1.82, 2.24) is 0 Å². The molecule has 1 atom stereocenters. The Kier molecular flexibility index (Phi) is 52.1. The van der Waals surface area contributed by atoms with Gasteiger partial charge in [0.25, 0.3) is 0 Å². The molecule has 0 bridgehead atoms. The lowest BCUT2D eigenvalue weighted by atomic mass is 10.1. The standard InChI is InChI=1S/C63H98O6/c1-4-7-10-13-16-19-22-25-28-30-31-33-36-38-41-44-47-50-53-56-62(65)68-59-60(69-63(66)57-54-51-48-45-42-39-34-27-24-21-18-15-12-9-6-3)58-67-61(64)55-52-49-46-43-40-37-35-32-29-26-23-20-17-14-11-8-5-2/h7-8,10-11,16-17,19-21,24-26,28-29,31,33,35,37-38,41,43,46-47,50,60H,4-6,9,12-15,18,22-23,27,30,32,34,36,39-40,42,44-45,48-49,51-59H2,1-3H3/b10-7-,11-8-,19-16-,20-17-,24-21-,28-25-,29-26-,33-31-,37-35-,41-38-,46-43-,50-47-/t60-/m0/s1. The topological polar surface area (TPSA) is 78.9 Å². The first kappa shape index (κ1) is 64.3. The SMILES string of the molecule is CC/C=C\C/C=C\C/C=C\C/C=C\C/C=C\C/C=C\CCC(=O)OC[C@H](COC(=O)CCC/C=C\C/C=C\C/C=C\C/C=C\C/C=C\CC)OC(=O)CCCCCCCCC/C=C\CCCCCC. The molecule has 0 saturated carbocycles. The maximum Gasteiger partial charge on any atom is 0.306 e. The van der Waals surface area contributed by atoms with Gasteiger partial charge in [0.05, 0.1) is 0 Å². The van der Waals surface area contributed by atoms with E-state index < -0.39 is 6.10 Å². The fourth-order valence-electron chi connectivity index (χ4n) is 6.79. The van der Waals surface area contributed by atoms with Gasteiger partial charge in [0.2, 0.25) is 0 Å². The van der Waals surface area contributed by atoms with Gasteiger partial charge in [-0.05, 0) is 122 Å². The average molecular weight is 951 g/mol. The second-order valence-corrected chi connectivity index (χ2v) is 17.4. The Labute approximate surface area is 423 Å². The van der Waals surface area contributed by atoms with Gasteiger partial charge in [-0.1, -0.05) is 218 Å². The zero-order valence-corrected chi connectivity index (χ0v) is 44.0. The van der Waals surface area contributed by atoms with E-state index in [9.17, 15) is 14.4 Å². The molecule has 0 heterocycles. The summed E-state index contributed by atoms with van der Waals surface area (Å²) >= 11 is 0. The third kappa shape index (κ3) is 54.1. The number of rotatable bonds is 47. The summed E-state index contributed by atoms with van der Waals surface area (Å²) in [4.78, 5) is 38.1. The minimum absolute atomic E-state index is 0.138. The monoisotopic (exact) mass is 951 g/mol. The van der Waals surface area contributed by atoms with Crippen LogP contribution in [-0.2, 0) is 28.6 Å². The molecule has 0 rings (SSSR count). The number of carbonyl (C=O) groups excluding carboxylic acids is 3. The molecule has 0 saturated heterocycles. The fraction of sp³-hybridized carbons (Fsp3) is 0.571. The average Bonchev–Trinajstić information content (AvgIpc) is 3.35. The van der Waals surface area contributed by atoms with Crippen molar-refractivity contribution in [3.8, 4) is 0 Å². The largest absolute Gasteiger partial charge is 0.462 e. The Bertz CT molecular complexity index is 1560. The second kappa shape index (κ2) is 55.9. The van der Waals surface area contributed by atoms with Gasteiger partial charge in [-0.2, -0.15) is 0 Å². The molecule has 0 fully saturated rings. The molecule has 0 amide bonds. The molecule has 0 radical (unpaired) electrons. The number of allylic oxidation sites excluding steroid dienone is 24. The lowest BCUT2D eigenvalue weighted by molar-refractivity contribution is -0.166. The van der Waals surface area contributed by atoms with Crippen molar-refractivity contribution in [2.24, 2.45) is 0 Å². The van der Waals surface area contributed by atoms with Gasteiger partial charge in [-0.25, -0.2) is 0 Å². The minimum atomic E-state index is -0.840.